The summed E-state index contributed by atoms with van der Waals surface area (Å²) in [5.41, 5.74) is 1.14. The number of halogens is 1. The van der Waals surface area contributed by atoms with Crippen LogP contribution in [0.25, 0.3) is 0 Å². The van der Waals surface area contributed by atoms with Gasteiger partial charge >= 0.3 is 0 Å². The van der Waals surface area contributed by atoms with E-state index in [2.05, 4.69) is 22.0 Å². The number of anilines is 1. The molecule has 1 aliphatic heterocycles. The van der Waals surface area contributed by atoms with Crippen LogP contribution in [0.3, 0.4) is 0 Å². The summed E-state index contributed by atoms with van der Waals surface area (Å²) in [6.07, 6.45) is 0.207. The van der Waals surface area contributed by atoms with E-state index in [0.717, 1.165) is 11.3 Å². The van der Waals surface area contributed by atoms with Gasteiger partial charge in [0.05, 0.1) is 17.9 Å². The van der Waals surface area contributed by atoms with Gasteiger partial charge in [0, 0.05) is 18.1 Å². The van der Waals surface area contributed by atoms with E-state index in [1.54, 1.807) is 11.9 Å². The minimum Gasteiger partial charge on any atom is -0.314 e. The van der Waals surface area contributed by atoms with E-state index in [9.17, 15) is 4.79 Å². The maximum Gasteiger partial charge on any atom is 0.239 e. The van der Waals surface area contributed by atoms with Gasteiger partial charge in [0.1, 0.15) is 0 Å². The first-order chi connectivity index (χ1) is 7.67. The third kappa shape index (κ3) is 1.28. The zero-order valence-corrected chi connectivity index (χ0v) is 10.5. The largest absolute Gasteiger partial charge is 0.314 e. The van der Waals surface area contributed by atoms with Crippen LogP contribution in [0.4, 0.5) is 5.69 Å². The van der Waals surface area contributed by atoms with Crippen molar-refractivity contribution in [3.8, 4) is 6.07 Å². The number of carbonyl (C=O) groups excluding carboxylic acids is 1. The molecule has 0 radical (unpaired) electrons. The van der Waals surface area contributed by atoms with Gasteiger partial charge in [-0.25, -0.2) is 0 Å². The highest BCUT2D eigenvalue weighted by molar-refractivity contribution is 9.09. The number of alkyl halides is 1. The Balaban J connectivity index is 2.64. The fraction of sp³-hybridized carbons (Fsp3) is 0.333. The van der Waals surface area contributed by atoms with E-state index >= 15 is 0 Å². The molecule has 3 nitrogen and oxygen atoms in total. The Bertz CT molecular complexity index is 480. The van der Waals surface area contributed by atoms with Crippen LogP contribution < -0.4 is 4.90 Å². The molecule has 0 saturated carbocycles. The lowest BCUT2D eigenvalue weighted by Crippen LogP contribution is -2.39. The molecule has 1 heterocycles. The molecule has 0 aliphatic carbocycles. The van der Waals surface area contributed by atoms with Gasteiger partial charge < -0.3 is 4.90 Å². The van der Waals surface area contributed by atoms with Gasteiger partial charge in [-0.2, -0.15) is 5.26 Å². The quantitative estimate of drug-likeness (QED) is 0.779. The first kappa shape index (κ1) is 11.2. The zero-order chi connectivity index (χ0) is 11.8. The van der Waals surface area contributed by atoms with Gasteiger partial charge in [-0.3, -0.25) is 4.79 Å². The number of hydrogen-bond donors (Lipinski definition) is 0. The second-order valence-corrected chi connectivity index (χ2v) is 4.49. The maximum atomic E-state index is 12.2. The molecule has 1 unspecified atom stereocenters. The molecule has 0 N–H and O–H groups in total. The molecule has 1 aromatic rings. The van der Waals surface area contributed by atoms with Crippen molar-refractivity contribution in [2.24, 2.45) is 0 Å². The predicted octanol–water partition coefficient (Wildman–Crippen LogP) is 2.21. The van der Waals surface area contributed by atoms with Gasteiger partial charge in [-0.1, -0.05) is 34.1 Å². The fourth-order valence-corrected chi connectivity index (χ4v) is 2.94. The lowest BCUT2D eigenvalue weighted by atomic mass is 9.81. The average Bonchev–Trinajstić information content (AvgIpc) is 2.53. The summed E-state index contributed by atoms with van der Waals surface area (Å²) in [5, 5.41) is 9.39. The molecule has 0 aromatic heterocycles. The summed E-state index contributed by atoms with van der Waals surface area (Å²) in [4.78, 5) is 13.9. The zero-order valence-electron chi connectivity index (χ0n) is 8.90. The van der Waals surface area contributed by atoms with E-state index in [4.69, 9.17) is 5.26 Å². The Hall–Kier alpha value is -1.34. The van der Waals surface area contributed by atoms with Crippen LogP contribution in [-0.2, 0) is 10.2 Å². The minimum absolute atomic E-state index is 0.00729. The lowest BCUT2D eigenvalue weighted by molar-refractivity contribution is -0.122. The minimum atomic E-state index is -0.708. The predicted molar refractivity (Wildman–Crippen MR) is 65.6 cm³/mol. The molecule has 0 spiro atoms. The molecule has 16 heavy (non-hydrogen) atoms. The smallest absolute Gasteiger partial charge is 0.239 e. The number of rotatable bonds is 2. The standard InChI is InChI=1S/C12H11BrN2O/c1-15-10-5-3-2-4-9(10)12(8-13,6-7-14)11(15)16/h2-5H,6,8H2,1H3. The number of nitriles is 1. The van der Waals surface area contributed by atoms with Crippen molar-refractivity contribution in [2.45, 2.75) is 11.8 Å². The van der Waals surface area contributed by atoms with E-state index in [-0.39, 0.29) is 12.3 Å². The molecule has 0 saturated heterocycles. The molecule has 1 atom stereocenters. The van der Waals surface area contributed by atoms with E-state index in [0.29, 0.717) is 5.33 Å². The number of benzene rings is 1. The van der Waals surface area contributed by atoms with E-state index in [1.807, 2.05) is 24.3 Å². The van der Waals surface area contributed by atoms with Gasteiger partial charge in [0.2, 0.25) is 5.91 Å². The van der Waals surface area contributed by atoms with Crippen molar-refractivity contribution in [3.63, 3.8) is 0 Å². The van der Waals surface area contributed by atoms with Crippen LogP contribution in [0.2, 0.25) is 0 Å². The van der Waals surface area contributed by atoms with E-state index in [1.165, 1.54) is 0 Å². The third-order valence-corrected chi connectivity index (χ3v) is 4.06. The SMILES string of the molecule is CN1C(=O)C(CBr)(CC#N)c2ccccc21. The topological polar surface area (TPSA) is 44.1 Å². The van der Waals surface area contributed by atoms with Gasteiger partial charge in [-0.15, -0.1) is 0 Å². The Labute approximate surface area is 103 Å². The molecular weight excluding hydrogens is 268 g/mol. The van der Waals surface area contributed by atoms with Crippen molar-refractivity contribution < 1.29 is 4.79 Å². The number of carbonyl (C=O) groups is 1. The number of para-hydroxylation sites is 1. The van der Waals surface area contributed by atoms with Crippen molar-refractivity contribution >= 4 is 27.5 Å². The summed E-state index contributed by atoms with van der Waals surface area (Å²) in [6.45, 7) is 0. The van der Waals surface area contributed by atoms with Crippen molar-refractivity contribution in [1.82, 2.24) is 0 Å². The summed E-state index contributed by atoms with van der Waals surface area (Å²) in [7, 11) is 1.75. The van der Waals surface area contributed by atoms with Crippen molar-refractivity contribution in [2.75, 3.05) is 17.3 Å². The molecule has 82 valence electrons. The molecule has 1 amide bonds. The highest BCUT2D eigenvalue weighted by atomic mass is 79.9. The molecule has 0 bridgehead atoms. The number of hydrogen-bond acceptors (Lipinski definition) is 2. The van der Waals surface area contributed by atoms with Gasteiger partial charge in [0.25, 0.3) is 0 Å². The molecule has 2 rings (SSSR count). The number of nitrogens with zero attached hydrogens (tertiary/aromatic N) is 2. The van der Waals surface area contributed by atoms with Crippen LogP contribution in [0.1, 0.15) is 12.0 Å². The van der Waals surface area contributed by atoms with Gasteiger partial charge in [-0.05, 0) is 11.6 Å². The fourth-order valence-electron chi connectivity index (χ4n) is 2.20. The highest BCUT2D eigenvalue weighted by Gasteiger charge is 2.48. The van der Waals surface area contributed by atoms with E-state index < -0.39 is 5.41 Å². The maximum absolute atomic E-state index is 12.2. The summed E-state index contributed by atoms with van der Waals surface area (Å²) in [5.74, 6) is -0.00729. The normalized spacial score (nSPS) is 23.1. The van der Waals surface area contributed by atoms with Crippen molar-refractivity contribution in [3.05, 3.63) is 29.8 Å². The summed E-state index contributed by atoms with van der Waals surface area (Å²) < 4.78 is 0. The highest BCUT2D eigenvalue weighted by Crippen LogP contribution is 2.44. The lowest BCUT2D eigenvalue weighted by Gasteiger charge is -2.22. The summed E-state index contributed by atoms with van der Waals surface area (Å²) in [6, 6.07) is 9.76. The molecule has 0 fully saturated rings. The monoisotopic (exact) mass is 278 g/mol. The number of fused-ring (bicyclic) bond motifs is 1. The Kier molecular flexibility index (Phi) is 2.73. The van der Waals surface area contributed by atoms with Crippen LogP contribution in [0.5, 0.6) is 0 Å². The summed E-state index contributed by atoms with van der Waals surface area (Å²) >= 11 is 3.37. The van der Waals surface area contributed by atoms with Crippen LogP contribution in [0, 0.1) is 11.3 Å². The third-order valence-electron chi connectivity index (χ3n) is 3.10. The molecule has 1 aliphatic rings. The number of amides is 1. The first-order valence-electron chi connectivity index (χ1n) is 4.98. The van der Waals surface area contributed by atoms with Crippen LogP contribution in [0.15, 0.2) is 24.3 Å². The number of likely N-dealkylation sites (N-methyl/N-ethyl adjacent to an activating group) is 1. The van der Waals surface area contributed by atoms with Crippen LogP contribution in [-0.4, -0.2) is 18.3 Å². The Morgan fingerprint density at radius 3 is 2.81 bits per heavy atom. The molecule has 1 aromatic carbocycles. The van der Waals surface area contributed by atoms with Gasteiger partial charge in [0.15, 0.2) is 0 Å². The average molecular weight is 279 g/mol. The first-order valence-corrected chi connectivity index (χ1v) is 6.10. The second-order valence-electron chi connectivity index (χ2n) is 3.93. The molecular formula is C12H11BrN2O. The second kappa shape index (κ2) is 3.91. The molecule has 4 heteroatoms. The Morgan fingerprint density at radius 1 is 1.50 bits per heavy atom. The Morgan fingerprint density at radius 2 is 2.19 bits per heavy atom. The van der Waals surface area contributed by atoms with Crippen molar-refractivity contribution in [1.29, 1.82) is 5.26 Å². The van der Waals surface area contributed by atoms with Crippen LogP contribution >= 0.6 is 15.9 Å².